The minimum Gasteiger partial charge on any atom is -0.471 e. The molecule has 0 saturated heterocycles. The summed E-state index contributed by atoms with van der Waals surface area (Å²) in [7, 11) is 0. The standard InChI is InChI=1S/C4H6N2O2/c5-3-4(6)8-2-1-7-3/h1-3,6H,5H2. The molecule has 1 aliphatic heterocycles. The van der Waals surface area contributed by atoms with Crippen molar-refractivity contribution < 1.29 is 9.47 Å². The van der Waals surface area contributed by atoms with Crippen molar-refractivity contribution in [2.75, 3.05) is 0 Å². The van der Waals surface area contributed by atoms with Gasteiger partial charge in [0.15, 0.2) is 0 Å². The van der Waals surface area contributed by atoms with Crippen LogP contribution in [-0.2, 0) is 9.47 Å². The molecule has 1 rings (SSSR count). The molecule has 0 radical (unpaired) electrons. The van der Waals surface area contributed by atoms with E-state index in [2.05, 4.69) is 9.47 Å². The van der Waals surface area contributed by atoms with E-state index in [1.54, 1.807) is 0 Å². The highest BCUT2D eigenvalue weighted by Crippen LogP contribution is 1.96. The van der Waals surface area contributed by atoms with Crippen molar-refractivity contribution in [3.05, 3.63) is 12.5 Å². The second-order valence-electron chi connectivity index (χ2n) is 1.31. The molecule has 1 heterocycles. The average Bonchev–Trinajstić information content (AvgIpc) is 1.77. The van der Waals surface area contributed by atoms with Gasteiger partial charge in [0.05, 0.1) is 0 Å². The fourth-order valence-electron chi connectivity index (χ4n) is 0.347. The fraction of sp³-hybridized carbons (Fsp3) is 0.250. The zero-order chi connectivity index (χ0) is 5.98. The number of nitrogens with two attached hydrogens (primary N) is 1. The molecule has 3 N–H and O–H groups in total. The first-order valence-electron chi connectivity index (χ1n) is 2.12. The lowest BCUT2D eigenvalue weighted by molar-refractivity contribution is 0.154. The molecule has 0 bridgehead atoms. The van der Waals surface area contributed by atoms with E-state index < -0.39 is 6.23 Å². The summed E-state index contributed by atoms with van der Waals surface area (Å²) < 4.78 is 9.18. The Balaban J connectivity index is 2.57. The van der Waals surface area contributed by atoms with Crippen molar-refractivity contribution in [2.24, 2.45) is 5.73 Å². The van der Waals surface area contributed by atoms with Gasteiger partial charge in [-0.25, -0.2) is 0 Å². The minimum absolute atomic E-state index is 0.0625. The Labute approximate surface area is 46.4 Å². The average molecular weight is 114 g/mol. The number of rotatable bonds is 0. The summed E-state index contributed by atoms with van der Waals surface area (Å²) in [4.78, 5) is 0. The van der Waals surface area contributed by atoms with Gasteiger partial charge in [-0.1, -0.05) is 0 Å². The minimum atomic E-state index is -0.722. The largest absolute Gasteiger partial charge is 0.471 e. The van der Waals surface area contributed by atoms with Crippen molar-refractivity contribution >= 4 is 5.90 Å². The van der Waals surface area contributed by atoms with E-state index in [0.29, 0.717) is 0 Å². The lowest BCUT2D eigenvalue weighted by Gasteiger charge is -2.14. The zero-order valence-corrected chi connectivity index (χ0v) is 4.13. The quantitative estimate of drug-likeness (QED) is 0.457. The highest BCUT2D eigenvalue weighted by molar-refractivity contribution is 5.78. The molecule has 0 amide bonds. The molecule has 0 aromatic rings. The molecular formula is C4H6N2O2. The highest BCUT2D eigenvalue weighted by Gasteiger charge is 2.11. The van der Waals surface area contributed by atoms with Crippen LogP contribution in [0.4, 0.5) is 0 Å². The summed E-state index contributed by atoms with van der Waals surface area (Å²) in [6.07, 6.45) is 1.86. The molecule has 8 heavy (non-hydrogen) atoms. The predicted octanol–water partition coefficient (Wildman–Crippen LogP) is -0.234. The van der Waals surface area contributed by atoms with E-state index >= 15 is 0 Å². The van der Waals surface area contributed by atoms with E-state index in [1.165, 1.54) is 12.5 Å². The van der Waals surface area contributed by atoms with Crippen molar-refractivity contribution in [3.63, 3.8) is 0 Å². The van der Waals surface area contributed by atoms with Crippen LogP contribution in [0.2, 0.25) is 0 Å². The number of nitrogens with one attached hydrogen (secondary N) is 1. The van der Waals surface area contributed by atoms with Crippen molar-refractivity contribution in [1.29, 1.82) is 5.41 Å². The van der Waals surface area contributed by atoms with E-state index in [4.69, 9.17) is 11.1 Å². The van der Waals surface area contributed by atoms with Gasteiger partial charge >= 0.3 is 0 Å². The van der Waals surface area contributed by atoms with Gasteiger partial charge in [-0.15, -0.1) is 0 Å². The van der Waals surface area contributed by atoms with Gasteiger partial charge in [0.25, 0.3) is 0 Å². The molecule has 4 heteroatoms. The third-order valence-corrected chi connectivity index (χ3v) is 0.734. The predicted molar refractivity (Wildman–Crippen MR) is 27.0 cm³/mol. The molecule has 1 atom stereocenters. The maximum Gasteiger partial charge on any atom is 0.243 e. The number of ether oxygens (including phenoxy) is 2. The smallest absolute Gasteiger partial charge is 0.243 e. The summed E-state index contributed by atoms with van der Waals surface area (Å²) in [6, 6.07) is 0. The van der Waals surface area contributed by atoms with Gasteiger partial charge in [0.1, 0.15) is 12.5 Å². The van der Waals surface area contributed by atoms with Crippen LogP contribution in [0.25, 0.3) is 0 Å². The van der Waals surface area contributed by atoms with Gasteiger partial charge in [-0.2, -0.15) is 0 Å². The Morgan fingerprint density at radius 2 is 2.38 bits per heavy atom. The van der Waals surface area contributed by atoms with E-state index in [0.717, 1.165) is 0 Å². The van der Waals surface area contributed by atoms with Gasteiger partial charge < -0.3 is 9.47 Å². The van der Waals surface area contributed by atoms with Crippen LogP contribution in [0, 0.1) is 5.41 Å². The molecule has 4 nitrogen and oxygen atoms in total. The Morgan fingerprint density at radius 3 is 2.75 bits per heavy atom. The van der Waals surface area contributed by atoms with E-state index in [1.807, 2.05) is 0 Å². The van der Waals surface area contributed by atoms with Crippen molar-refractivity contribution in [1.82, 2.24) is 0 Å². The summed E-state index contributed by atoms with van der Waals surface area (Å²) >= 11 is 0. The molecular weight excluding hydrogens is 108 g/mol. The molecule has 1 aliphatic rings. The molecule has 0 aromatic carbocycles. The Bertz CT molecular complexity index is 132. The molecule has 1 unspecified atom stereocenters. The Hall–Kier alpha value is -1.03. The highest BCUT2D eigenvalue weighted by atomic mass is 16.6. The van der Waals surface area contributed by atoms with Crippen LogP contribution < -0.4 is 5.73 Å². The van der Waals surface area contributed by atoms with Crippen molar-refractivity contribution in [2.45, 2.75) is 6.23 Å². The van der Waals surface area contributed by atoms with Gasteiger partial charge in [0.2, 0.25) is 12.1 Å². The third-order valence-electron chi connectivity index (χ3n) is 0.734. The Morgan fingerprint density at radius 1 is 1.62 bits per heavy atom. The van der Waals surface area contributed by atoms with Crippen LogP contribution in [-0.4, -0.2) is 12.1 Å². The van der Waals surface area contributed by atoms with Gasteiger partial charge in [-0.05, 0) is 0 Å². The maximum atomic E-state index is 6.87. The molecule has 0 spiro atoms. The lowest BCUT2D eigenvalue weighted by Crippen LogP contribution is -2.34. The van der Waals surface area contributed by atoms with Crippen LogP contribution in [0.3, 0.4) is 0 Å². The third kappa shape index (κ3) is 0.788. The van der Waals surface area contributed by atoms with Crippen LogP contribution in [0.5, 0.6) is 0 Å². The Kier molecular flexibility index (Phi) is 1.17. The second-order valence-corrected chi connectivity index (χ2v) is 1.31. The van der Waals surface area contributed by atoms with Gasteiger partial charge in [-0.3, -0.25) is 11.1 Å². The number of hydrogen-bond acceptors (Lipinski definition) is 4. The van der Waals surface area contributed by atoms with Crippen LogP contribution >= 0.6 is 0 Å². The van der Waals surface area contributed by atoms with Crippen LogP contribution in [0.1, 0.15) is 0 Å². The molecule has 0 fully saturated rings. The SMILES string of the molecule is N=C1OC=COC1N. The summed E-state index contributed by atoms with van der Waals surface area (Å²) in [5, 5.41) is 6.87. The van der Waals surface area contributed by atoms with Gasteiger partial charge in [0, 0.05) is 0 Å². The van der Waals surface area contributed by atoms with E-state index in [-0.39, 0.29) is 5.90 Å². The van der Waals surface area contributed by atoms with E-state index in [9.17, 15) is 0 Å². The molecule has 0 saturated carbocycles. The lowest BCUT2D eigenvalue weighted by atomic mass is 10.5. The number of hydrogen-bond donors (Lipinski definition) is 2. The summed E-state index contributed by atoms with van der Waals surface area (Å²) in [6.45, 7) is 0. The summed E-state index contributed by atoms with van der Waals surface area (Å²) in [5.74, 6) is -0.0625. The van der Waals surface area contributed by atoms with Crippen LogP contribution in [0.15, 0.2) is 12.5 Å². The zero-order valence-electron chi connectivity index (χ0n) is 4.13. The van der Waals surface area contributed by atoms with Crippen molar-refractivity contribution in [3.8, 4) is 0 Å². The normalized spacial score (nSPS) is 26.6. The topological polar surface area (TPSA) is 68.3 Å². The second kappa shape index (κ2) is 1.83. The maximum absolute atomic E-state index is 6.87. The first-order valence-corrected chi connectivity index (χ1v) is 2.12. The molecule has 0 aromatic heterocycles. The first kappa shape index (κ1) is 5.11. The summed E-state index contributed by atoms with van der Waals surface area (Å²) in [5.41, 5.74) is 5.16. The monoisotopic (exact) mass is 114 g/mol. The molecule has 0 aliphatic carbocycles. The molecule has 44 valence electrons. The first-order chi connectivity index (χ1) is 3.80. The fourth-order valence-corrected chi connectivity index (χ4v) is 0.347.